The van der Waals surface area contributed by atoms with E-state index in [-0.39, 0.29) is 18.2 Å². The number of hydrogen-bond donors (Lipinski definition) is 2. The lowest BCUT2D eigenvalue weighted by atomic mass is 9.94. The lowest BCUT2D eigenvalue weighted by Gasteiger charge is -2.35. The van der Waals surface area contributed by atoms with E-state index in [2.05, 4.69) is 22.3 Å². The highest BCUT2D eigenvalue weighted by atomic mass is 19.1. The van der Waals surface area contributed by atoms with Crippen LogP contribution in [-0.2, 0) is 5.60 Å². The standard InChI is InChI=1S/C20H24F2N2O/c1-20(25,18-8-7-15(21)13-19(18)22)14-23-16-9-11-24(12-10-16)17-5-3-2-4-6-17/h2-8,13,16,23,25H,9-12,14H2,1H3. The maximum absolute atomic E-state index is 13.9. The molecule has 0 saturated carbocycles. The van der Waals surface area contributed by atoms with Gasteiger partial charge >= 0.3 is 0 Å². The van der Waals surface area contributed by atoms with Crippen molar-refractivity contribution in [2.24, 2.45) is 0 Å². The Bertz CT molecular complexity index is 698. The highest BCUT2D eigenvalue weighted by Gasteiger charge is 2.28. The van der Waals surface area contributed by atoms with Gasteiger partial charge in [0.1, 0.15) is 17.2 Å². The number of halogens is 2. The molecule has 0 radical (unpaired) electrons. The summed E-state index contributed by atoms with van der Waals surface area (Å²) in [6, 6.07) is 13.9. The molecule has 25 heavy (non-hydrogen) atoms. The van der Waals surface area contributed by atoms with Gasteiger partial charge in [-0.2, -0.15) is 0 Å². The summed E-state index contributed by atoms with van der Waals surface area (Å²) in [5.41, 5.74) is -0.0432. The number of rotatable bonds is 5. The molecule has 2 N–H and O–H groups in total. The predicted molar refractivity (Wildman–Crippen MR) is 95.6 cm³/mol. The second-order valence-corrected chi connectivity index (χ2v) is 6.88. The van der Waals surface area contributed by atoms with Gasteiger partial charge in [0.25, 0.3) is 0 Å². The van der Waals surface area contributed by atoms with Gasteiger partial charge in [-0.05, 0) is 38.0 Å². The van der Waals surface area contributed by atoms with Crippen LogP contribution in [0.1, 0.15) is 25.3 Å². The Morgan fingerprint density at radius 2 is 1.80 bits per heavy atom. The Morgan fingerprint density at radius 1 is 1.12 bits per heavy atom. The Hall–Kier alpha value is -1.98. The quantitative estimate of drug-likeness (QED) is 0.871. The zero-order valence-corrected chi connectivity index (χ0v) is 14.4. The molecule has 0 aliphatic carbocycles. The molecule has 134 valence electrons. The third kappa shape index (κ3) is 4.35. The predicted octanol–water partition coefficient (Wildman–Crippen LogP) is 3.43. The van der Waals surface area contributed by atoms with Crippen molar-refractivity contribution in [3.8, 4) is 0 Å². The molecular formula is C20H24F2N2O. The summed E-state index contributed by atoms with van der Waals surface area (Å²) in [5.74, 6) is -1.36. The van der Waals surface area contributed by atoms with E-state index in [0.717, 1.165) is 32.0 Å². The first-order valence-corrected chi connectivity index (χ1v) is 8.67. The van der Waals surface area contributed by atoms with Crippen LogP contribution in [0.15, 0.2) is 48.5 Å². The highest BCUT2D eigenvalue weighted by Crippen LogP contribution is 2.25. The van der Waals surface area contributed by atoms with Crippen LogP contribution in [-0.4, -0.2) is 30.8 Å². The van der Waals surface area contributed by atoms with Crippen molar-refractivity contribution < 1.29 is 13.9 Å². The van der Waals surface area contributed by atoms with E-state index in [1.54, 1.807) is 6.92 Å². The van der Waals surface area contributed by atoms with E-state index in [4.69, 9.17) is 0 Å². The van der Waals surface area contributed by atoms with Crippen molar-refractivity contribution in [2.75, 3.05) is 24.5 Å². The average Bonchev–Trinajstić information content (AvgIpc) is 2.61. The fourth-order valence-electron chi connectivity index (χ4n) is 3.35. The van der Waals surface area contributed by atoms with E-state index < -0.39 is 17.2 Å². The third-order valence-electron chi connectivity index (χ3n) is 4.86. The molecule has 1 aliphatic heterocycles. The summed E-state index contributed by atoms with van der Waals surface area (Å²) in [5, 5.41) is 13.9. The SMILES string of the molecule is CC(O)(CNC1CCN(c2ccccc2)CC1)c1ccc(F)cc1F. The maximum atomic E-state index is 13.9. The van der Waals surface area contributed by atoms with Gasteiger partial charge in [0, 0.05) is 43.0 Å². The van der Waals surface area contributed by atoms with Gasteiger partial charge in [-0.1, -0.05) is 24.3 Å². The minimum atomic E-state index is -1.38. The number of anilines is 1. The summed E-state index contributed by atoms with van der Waals surface area (Å²) < 4.78 is 27.0. The van der Waals surface area contributed by atoms with Crippen LogP contribution in [0.2, 0.25) is 0 Å². The van der Waals surface area contributed by atoms with Crippen molar-refractivity contribution in [3.63, 3.8) is 0 Å². The number of benzene rings is 2. The number of nitrogens with one attached hydrogen (secondary N) is 1. The zero-order valence-electron chi connectivity index (χ0n) is 14.4. The van der Waals surface area contributed by atoms with Crippen LogP contribution in [0.25, 0.3) is 0 Å². The number of hydrogen-bond acceptors (Lipinski definition) is 3. The average molecular weight is 346 g/mol. The van der Waals surface area contributed by atoms with Gasteiger partial charge in [0.15, 0.2) is 0 Å². The lowest BCUT2D eigenvalue weighted by molar-refractivity contribution is 0.0491. The molecular weight excluding hydrogens is 322 g/mol. The van der Waals surface area contributed by atoms with Gasteiger partial charge in [0.05, 0.1) is 0 Å². The summed E-state index contributed by atoms with van der Waals surface area (Å²) in [7, 11) is 0. The molecule has 0 aromatic heterocycles. The van der Waals surface area contributed by atoms with E-state index in [1.807, 2.05) is 18.2 Å². The lowest BCUT2D eigenvalue weighted by Crippen LogP contribution is -2.47. The van der Waals surface area contributed by atoms with E-state index >= 15 is 0 Å². The summed E-state index contributed by atoms with van der Waals surface area (Å²) >= 11 is 0. The zero-order chi connectivity index (χ0) is 17.9. The number of para-hydroxylation sites is 1. The minimum absolute atomic E-state index is 0.114. The Morgan fingerprint density at radius 3 is 2.44 bits per heavy atom. The highest BCUT2D eigenvalue weighted by molar-refractivity contribution is 5.46. The van der Waals surface area contributed by atoms with E-state index in [9.17, 15) is 13.9 Å². The molecule has 1 atom stereocenters. The van der Waals surface area contributed by atoms with Crippen molar-refractivity contribution in [1.29, 1.82) is 0 Å². The largest absolute Gasteiger partial charge is 0.384 e. The molecule has 1 saturated heterocycles. The van der Waals surface area contributed by atoms with Crippen LogP contribution in [0, 0.1) is 11.6 Å². The van der Waals surface area contributed by atoms with Crippen LogP contribution < -0.4 is 10.2 Å². The first-order chi connectivity index (χ1) is 12.0. The molecule has 5 heteroatoms. The number of aliphatic hydroxyl groups is 1. The third-order valence-corrected chi connectivity index (χ3v) is 4.86. The smallest absolute Gasteiger partial charge is 0.132 e. The second kappa shape index (κ2) is 7.50. The van der Waals surface area contributed by atoms with Crippen LogP contribution >= 0.6 is 0 Å². The molecule has 1 aliphatic rings. The second-order valence-electron chi connectivity index (χ2n) is 6.88. The Kier molecular flexibility index (Phi) is 5.35. The summed E-state index contributed by atoms with van der Waals surface area (Å²) in [4.78, 5) is 2.34. The molecule has 1 unspecified atom stereocenters. The first-order valence-electron chi connectivity index (χ1n) is 8.67. The van der Waals surface area contributed by atoms with Crippen LogP contribution in [0.5, 0.6) is 0 Å². The fraction of sp³-hybridized carbons (Fsp3) is 0.400. The summed E-state index contributed by atoms with van der Waals surface area (Å²) in [6.45, 7) is 3.66. The van der Waals surface area contributed by atoms with Crippen molar-refractivity contribution in [2.45, 2.75) is 31.4 Å². The van der Waals surface area contributed by atoms with Gasteiger partial charge in [-0.3, -0.25) is 0 Å². The van der Waals surface area contributed by atoms with Gasteiger partial charge in [-0.25, -0.2) is 8.78 Å². The minimum Gasteiger partial charge on any atom is -0.384 e. The molecule has 0 amide bonds. The maximum Gasteiger partial charge on any atom is 0.132 e. The number of piperidine rings is 1. The van der Waals surface area contributed by atoms with Crippen molar-refractivity contribution in [1.82, 2.24) is 5.32 Å². The molecule has 1 fully saturated rings. The van der Waals surface area contributed by atoms with Crippen molar-refractivity contribution in [3.05, 3.63) is 65.7 Å². The summed E-state index contributed by atoms with van der Waals surface area (Å²) in [6.07, 6.45) is 1.91. The Balaban J connectivity index is 1.54. The van der Waals surface area contributed by atoms with E-state index in [1.165, 1.54) is 17.8 Å². The topological polar surface area (TPSA) is 35.5 Å². The fourth-order valence-corrected chi connectivity index (χ4v) is 3.35. The molecule has 0 bridgehead atoms. The van der Waals surface area contributed by atoms with Gasteiger partial charge in [0.2, 0.25) is 0 Å². The van der Waals surface area contributed by atoms with Crippen molar-refractivity contribution >= 4 is 5.69 Å². The molecule has 1 heterocycles. The Labute approximate surface area is 147 Å². The normalized spacial score (nSPS) is 18.2. The van der Waals surface area contributed by atoms with E-state index in [0.29, 0.717) is 0 Å². The molecule has 0 spiro atoms. The monoisotopic (exact) mass is 346 g/mol. The van der Waals surface area contributed by atoms with Gasteiger partial charge in [-0.15, -0.1) is 0 Å². The van der Waals surface area contributed by atoms with Crippen LogP contribution in [0.3, 0.4) is 0 Å². The molecule has 3 nitrogen and oxygen atoms in total. The molecule has 3 rings (SSSR count). The first kappa shape index (κ1) is 17.8. The van der Waals surface area contributed by atoms with Crippen LogP contribution in [0.4, 0.5) is 14.5 Å². The molecule has 2 aromatic carbocycles. The van der Waals surface area contributed by atoms with Gasteiger partial charge < -0.3 is 15.3 Å². The number of nitrogens with zero attached hydrogens (tertiary/aromatic N) is 1. The molecule has 2 aromatic rings.